The van der Waals surface area contributed by atoms with Gasteiger partial charge >= 0.3 is 0 Å². The normalized spacial score (nSPS) is 17.7. The Kier molecular flexibility index (Phi) is 5.15. The number of ether oxygens (including phenoxy) is 1. The first-order valence-corrected chi connectivity index (χ1v) is 7.15. The number of aliphatic hydroxyl groups is 1. The van der Waals surface area contributed by atoms with E-state index in [0.29, 0.717) is 26.2 Å². The van der Waals surface area contributed by atoms with Crippen LogP contribution in [0.15, 0.2) is 24.3 Å². The molecule has 0 aliphatic carbocycles. The van der Waals surface area contributed by atoms with Gasteiger partial charge in [0, 0.05) is 25.2 Å². The maximum atomic E-state index is 12.0. The Bertz CT molecular complexity index is 453. The number of amides is 1. The third-order valence-electron chi connectivity index (χ3n) is 4.16. The molecule has 0 aromatic heterocycles. The summed E-state index contributed by atoms with van der Waals surface area (Å²) in [5, 5.41) is 12.5. The zero-order valence-corrected chi connectivity index (χ0v) is 12.0. The van der Waals surface area contributed by atoms with E-state index in [2.05, 4.69) is 5.32 Å². The zero-order chi connectivity index (χ0) is 14.4. The van der Waals surface area contributed by atoms with Gasteiger partial charge in [-0.1, -0.05) is 24.3 Å². The minimum Gasteiger partial charge on any atom is -0.396 e. The predicted octanol–water partition coefficient (Wildman–Crippen LogP) is 1.44. The molecule has 1 amide bonds. The molecule has 1 aliphatic heterocycles. The molecule has 4 nitrogen and oxygen atoms in total. The third kappa shape index (κ3) is 3.81. The lowest BCUT2D eigenvalue weighted by atomic mass is 9.81. The summed E-state index contributed by atoms with van der Waals surface area (Å²) in [6, 6.07) is 7.91. The summed E-state index contributed by atoms with van der Waals surface area (Å²) in [6.07, 6.45) is 1.99. The molecular formula is C16H23NO3. The molecule has 0 atom stereocenters. The van der Waals surface area contributed by atoms with Crippen molar-refractivity contribution in [2.75, 3.05) is 26.4 Å². The fourth-order valence-corrected chi connectivity index (χ4v) is 2.53. The van der Waals surface area contributed by atoms with Gasteiger partial charge in [-0.25, -0.2) is 0 Å². The minimum absolute atomic E-state index is 0.0126. The lowest BCUT2D eigenvalue weighted by molar-refractivity contribution is -0.121. The van der Waals surface area contributed by atoms with Crippen LogP contribution in [0.5, 0.6) is 0 Å². The summed E-state index contributed by atoms with van der Waals surface area (Å²) in [6.45, 7) is 3.96. The highest BCUT2D eigenvalue weighted by Gasteiger charge is 2.32. The second kappa shape index (κ2) is 6.86. The van der Waals surface area contributed by atoms with Crippen molar-refractivity contribution >= 4 is 5.91 Å². The molecule has 1 aromatic carbocycles. The first-order chi connectivity index (χ1) is 9.65. The number of carbonyl (C=O) groups is 1. The number of nitrogens with one attached hydrogen (secondary N) is 1. The summed E-state index contributed by atoms with van der Waals surface area (Å²) < 4.78 is 5.32. The molecule has 2 rings (SSSR count). The Morgan fingerprint density at radius 2 is 2.05 bits per heavy atom. The van der Waals surface area contributed by atoms with E-state index in [1.54, 1.807) is 0 Å². The van der Waals surface area contributed by atoms with Crippen molar-refractivity contribution in [2.24, 2.45) is 5.41 Å². The zero-order valence-electron chi connectivity index (χ0n) is 12.0. The van der Waals surface area contributed by atoms with Gasteiger partial charge in [0.2, 0.25) is 5.91 Å². The summed E-state index contributed by atoms with van der Waals surface area (Å²) in [7, 11) is 0. The summed E-state index contributed by atoms with van der Waals surface area (Å²) in [4.78, 5) is 12.0. The molecule has 1 aromatic rings. The van der Waals surface area contributed by atoms with Gasteiger partial charge in [0.15, 0.2) is 0 Å². The molecule has 1 fully saturated rings. The first-order valence-electron chi connectivity index (χ1n) is 7.15. The van der Waals surface area contributed by atoms with E-state index in [4.69, 9.17) is 4.74 Å². The van der Waals surface area contributed by atoms with Crippen LogP contribution >= 0.6 is 0 Å². The van der Waals surface area contributed by atoms with Crippen molar-refractivity contribution in [1.29, 1.82) is 0 Å². The van der Waals surface area contributed by atoms with Crippen LogP contribution in [0.2, 0.25) is 0 Å². The van der Waals surface area contributed by atoms with Gasteiger partial charge in [-0.05, 0) is 30.9 Å². The number of carbonyl (C=O) groups excluding carboxylic acids is 1. The van der Waals surface area contributed by atoms with Crippen molar-refractivity contribution in [2.45, 2.75) is 26.2 Å². The number of benzene rings is 1. The van der Waals surface area contributed by atoms with Gasteiger partial charge < -0.3 is 15.2 Å². The average Bonchev–Trinajstić information content (AvgIpc) is 2.49. The molecule has 0 spiro atoms. The number of hydrogen-bond acceptors (Lipinski definition) is 3. The van der Waals surface area contributed by atoms with Crippen molar-refractivity contribution in [3.63, 3.8) is 0 Å². The lowest BCUT2D eigenvalue weighted by Gasteiger charge is -2.35. The van der Waals surface area contributed by atoms with Crippen molar-refractivity contribution < 1.29 is 14.6 Å². The van der Waals surface area contributed by atoms with Crippen molar-refractivity contribution in [1.82, 2.24) is 5.32 Å². The Morgan fingerprint density at radius 3 is 2.70 bits per heavy atom. The van der Waals surface area contributed by atoms with E-state index < -0.39 is 0 Å². The third-order valence-corrected chi connectivity index (χ3v) is 4.16. The summed E-state index contributed by atoms with van der Waals surface area (Å²) in [5.41, 5.74) is 1.97. The fraction of sp³-hybridized carbons (Fsp3) is 0.562. The van der Waals surface area contributed by atoms with Crippen LogP contribution in [0.3, 0.4) is 0 Å². The van der Waals surface area contributed by atoms with Crippen LogP contribution in [-0.2, 0) is 16.0 Å². The van der Waals surface area contributed by atoms with Crippen LogP contribution < -0.4 is 5.32 Å². The molecule has 1 aliphatic rings. The molecular weight excluding hydrogens is 254 g/mol. The number of rotatable bonds is 5. The minimum atomic E-state index is -0.209. The van der Waals surface area contributed by atoms with E-state index in [1.807, 2.05) is 31.2 Å². The van der Waals surface area contributed by atoms with Crippen molar-refractivity contribution in [3.8, 4) is 0 Å². The quantitative estimate of drug-likeness (QED) is 0.856. The average molecular weight is 277 g/mol. The number of hydrogen-bond donors (Lipinski definition) is 2. The SMILES string of the molecule is Cc1ccccc1CC(=O)NCC1(CO)CCOCC1. The monoisotopic (exact) mass is 277 g/mol. The van der Waals surface area contributed by atoms with E-state index in [0.717, 1.165) is 24.0 Å². The Morgan fingerprint density at radius 1 is 1.35 bits per heavy atom. The molecule has 1 saturated heterocycles. The van der Waals surface area contributed by atoms with E-state index in [9.17, 15) is 9.90 Å². The number of aryl methyl sites for hydroxylation is 1. The fourth-order valence-electron chi connectivity index (χ4n) is 2.53. The van der Waals surface area contributed by atoms with Gasteiger partial charge in [-0.3, -0.25) is 4.79 Å². The van der Waals surface area contributed by atoms with Gasteiger partial charge in [-0.15, -0.1) is 0 Å². The molecule has 0 saturated carbocycles. The van der Waals surface area contributed by atoms with E-state index >= 15 is 0 Å². The molecule has 1 heterocycles. The molecule has 4 heteroatoms. The Hall–Kier alpha value is -1.39. The highest BCUT2D eigenvalue weighted by Crippen LogP contribution is 2.28. The second-order valence-electron chi connectivity index (χ2n) is 5.65. The van der Waals surface area contributed by atoms with Crippen LogP contribution in [0.25, 0.3) is 0 Å². The predicted molar refractivity (Wildman–Crippen MR) is 77.5 cm³/mol. The highest BCUT2D eigenvalue weighted by atomic mass is 16.5. The highest BCUT2D eigenvalue weighted by molar-refractivity contribution is 5.78. The molecule has 20 heavy (non-hydrogen) atoms. The topological polar surface area (TPSA) is 58.6 Å². The standard InChI is InChI=1S/C16H23NO3/c1-13-4-2-3-5-14(13)10-15(19)17-11-16(12-18)6-8-20-9-7-16/h2-5,18H,6-12H2,1H3,(H,17,19). The largest absolute Gasteiger partial charge is 0.396 e. The van der Waals surface area contributed by atoms with Crippen LogP contribution in [0.4, 0.5) is 0 Å². The van der Waals surface area contributed by atoms with Crippen LogP contribution in [0.1, 0.15) is 24.0 Å². The van der Waals surface area contributed by atoms with Gasteiger partial charge in [0.05, 0.1) is 13.0 Å². The molecule has 0 unspecified atom stereocenters. The molecule has 0 bridgehead atoms. The molecule has 0 radical (unpaired) electrons. The maximum Gasteiger partial charge on any atom is 0.224 e. The lowest BCUT2D eigenvalue weighted by Crippen LogP contribution is -2.44. The maximum absolute atomic E-state index is 12.0. The Balaban J connectivity index is 1.87. The smallest absolute Gasteiger partial charge is 0.224 e. The Labute approximate surface area is 120 Å². The number of aliphatic hydroxyl groups excluding tert-OH is 1. The van der Waals surface area contributed by atoms with Crippen LogP contribution in [-0.4, -0.2) is 37.4 Å². The van der Waals surface area contributed by atoms with Gasteiger partial charge in [0.25, 0.3) is 0 Å². The summed E-state index contributed by atoms with van der Waals surface area (Å²) >= 11 is 0. The summed E-state index contributed by atoms with van der Waals surface area (Å²) in [5.74, 6) is 0.0126. The van der Waals surface area contributed by atoms with Crippen molar-refractivity contribution in [3.05, 3.63) is 35.4 Å². The van der Waals surface area contributed by atoms with Crippen LogP contribution in [0, 0.1) is 12.3 Å². The second-order valence-corrected chi connectivity index (χ2v) is 5.65. The molecule has 2 N–H and O–H groups in total. The van der Waals surface area contributed by atoms with E-state index in [-0.39, 0.29) is 17.9 Å². The van der Waals surface area contributed by atoms with Gasteiger partial charge in [-0.2, -0.15) is 0 Å². The molecule has 110 valence electrons. The first kappa shape index (κ1) is 15.0. The van der Waals surface area contributed by atoms with E-state index in [1.165, 1.54) is 0 Å². The van der Waals surface area contributed by atoms with Gasteiger partial charge in [0.1, 0.15) is 0 Å².